The first-order valence-electron chi connectivity index (χ1n) is 7.16. The molecule has 3 nitrogen and oxygen atoms in total. The molecule has 0 fully saturated rings. The van der Waals surface area contributed by atoms with Gasteiger partial charge in [0.15, 0.2) is 0 Å². The standard InChI is InChI=1S/C17H10Cl2F3NO2S/c18-13-8-7-11(9-12(13)17(20,21)22)23-26(24,25)15-6-2-4-10-3-1-5-14(19)16(10)15/h1-9,23H. The fraction of sp³-hybridized carbons (Fsp3) is 0.0588. The maximum absolute atomic E-state index is 13.0. The van der Waals surface area contributed by atoms with Gasteiger partial charge in [0.1, 0.15) is 0 Å². The lowest BCUT2D eigenvalue weighted by molar-refractivity contribution is -0.137. The largest absolute Gasteiger partial charge is 0.417 e. The molecule has 0 aliphatic carbocycles. The van der Waals surface area contributed by atoms with E-state index in [1.807, 2.05) is 0 Å². The van der Waals surface area contributed by atoms with Crippen LogP contribution in [0.5, 0.6) is 0 Å². The van der Waals surface area contributed by atoms with Gasteiger partial charge in [-0.2, -0.15) is 13.2 Å². The van der Waals surface area contributed by atoms with E-state index in [2.05, 4.69) is 4.72 Å². The number of benzene rings is 3. The van der Waals surface area contributed by atoms with Gasteiger partial charge in [-0.05, 0) is 35.7 Å². The van der Waals surface area contributed by atoms with Crippen LogP contribution in [0.1, 0.15) is 5.56 Å². The Morgan fingerprint density at radius 1 is 0.885 bits per heavy atom. The second kappa shape index (κ2) is 6.64. The van der Waals surface area contributed by atoms with Gasteiger partial charge in [-0.15, -0.1) is 0 Å². The number of hydrogen-bond donors (Lipinski definition) is 1. The van der Waals surface area contributed by atoms with E-state index in [9.17, 15) is 21.6 Å². The van der Waals surface area contributed by atoms with Crippen molar-refractivity contribution in [3.8, 4) is 0 Å². The minimum Gasteiger partial charge on any atom is -0.280 e. The Morgan fingerprint density at radius 3 is 2.19 bits per heavy atom. The van der Waals surface area contributed by atoms with E-state index in [-0.39, 0.29) is 21.0 Å². The zero-order valence-corrected chi connectivity index (χ0v) is 15.1. The molecule has 136 valence electrons. The Balaban J connectivity index is 2.09. The van der Waals surface area contributed by atoms with Crippen molar-refractivity contribution in [2.24, 2.45) is 0 Å². The Hall–Kier alpha value is -1.96. The fourth-order valence-electron chi connectivity index (χ4n) is 2.50. The highest BCUT2D eigenvalue weighted by Crippen LogP contribution is 2.37. The number of sulfonamides is 1. The topological polar surface area (TPSA) is 46.2 Å². The maximum atomic E-state index is 13.0. The Bertz CT molecular complexity index is 1090. The van der Waals surface area contributed by atoms with E-state index in [1.165, 1.54) is 18.2 Å². The molecule has 0 saturated carbocycles. The summed E-state index contributed by atoms with van der Waals surface area (Å²) >= 11 is 11.7. The summed E-state index contributed by atoms with van der Waals surface area (Å²) < 4.78 is 66.5. The summed E-state index contributed by atoms with van der Waals surface area (Å²) in [6, 6.07) is 12.2. The van der Waals surface area contributed by atoms with E-state index in [1.54, 1.807) is 18.2 Å². The van der Waals surface area contributed by atoms with Crippen LogP contribution in [-0.4, -0.2) is 8.42 Å². The number of halogens is 5. The van der Waals surface area contributed by atoms with Gasteiger partial charge in [0.2, 0.25) is 0 Å². The molecule has 3 aromatic rings. The van der Waals surface area contributed by atoms with Gasteiger partial charge in [-0.25, -0.2) is 8.42 Å². The number of anilines is 1. The third kappa shape index (κ3) is 3.60. The number of fused-ring (bicyclic) bond motifs is 1. The monoisotopic (exact) mass is 419 g/mol. The lowest BCUT2D eigenvalue weighted by Crippen LogP contribution is -2.14. The molecular weight excluding hydrogens is 410 g/mol. The molecule has 0 unspecified atom stereocenters. The molecule has 0 atom stereocenters. The second-order valence-electron chi connectivity index (χ2n) is 5.39. The molecule has 0 heterocycles. The van der Waals surface area contributed by atoms with E-state index in [4.69, 9.17) is 23.2 Å². The quantitative estimate of drug-likeness (QED) is 0.568. The van der Waals surface area contributed by atoms with E-state index < -0.39 is 26.8 Å². The molecule has 0 amide bonds. The average Bonchev–Trinajstić information content (AvgIpc) is 2.55. The van der Waals surface area contributed by atoms with Crippen molar-refractivity contribution >= 4 is 49.7 Å². The van der Waals surface area contributed by atoms with Crippen LogP contribution in [-0.2, 0) is 16.2 Å². The molecule has 0 aliphatic rings. The maximum Gasteiger partial charge on any atom is 0.417 e. The third-order valence-corrected chi connectivity index (χ3v) is 5.70. The highest BCUT2D eigenvalue weighted by atomic mass is 35.5. The van der Waals surface area contributed by atoms with Gasteiger partial charge in [-0.1, -0.05) is 47.5 Å². The molecule has 0 bridgehead atoms. The highest BCUT2D eigenvalue weighted by Gasteiger charge is 2.33. The highest BCUT2D eigenvalue weighted by molar-refractivity contribution is 7.93. The number of hydrogen-bond acceptors (Lipinski definition) is 2. The first-order chi connectivity index (χ1) is 12.1. The summed E-state index contributed by atoms with van der Waals surface area (Å²) in [5.41, 5.74) is -1.39. The van der Waals surface area contributed by atoms with Gasteiger partial charge in [0.25, 0.3) is 10.0 Å². The predicted molar refractivity (Wildman–Crippen MR) is 96.2 cm³/mol. The number of rotatable bonds is 3. The van der Waals surface area contributed by atoms with E-state index >= 15 is 0 Å². The molecular formula is C17H10Cl2F3NO2S. The van der Waals surface area contributed by atoms with E-state index in [0.717, 1.165) is 12.1 Å². The molecule has 0 spiro atoms. The van der Waals surface area contributed by atoms with Crippen molar-refractivity contribution in [2.75, 3.05) is 4.72 Å². The van der Waals surface area contributed by atoms with Crippen LogP contribution < -0.4 is 4.72 Å². The molecule has 0 radical (unpaired) electrons. The predicted octanol–water partition coefficient (Wildman–Crippen LogP) is 5.97. The zero-order chi connectivity index (χ0) is 19.1. The van der Waals surface area contributed by atoms with Crippen molar-refractivity contribution in [2.45, 2.75) is 11.1 Å². The summed E-state index contributed by atoms with van der Waals surface area (Å²) in [6.45, 7) is 0. The summed E-state index contributed by atoms with van der Waals surface area (Å²) in [6.07, 6.45) is -4.71. The molecule has 9 heteroatoms. The van der Waals surface area contributed by atoms with Crippen LogP contribution in [0, 0.1) is 0 Å². The minimum atomic E-state index is -4.71. The van der Waals surface area contributed by atoms with Gasteiger partial charge in [-0.3, -0.25) is 4.72 Å². The first kappa shape index (κ1) is 18.8. The van der Waals surface area contributed by atoms with Crippen molar-refractivity contribution in [3.05, 3.63) is 70.2 Å². The lowest BCUT2D eigenvalue weighted by Gasteiger charge is -2.14. The molecule has 26 heavy (non-hydrogen) atoms. The molecule has 1 N–H and O–H groups in total. The van der Waals surface area contributed by atoms with E-state index in [0.29, 0.717) is 11.5 Å². The van der Waals surface area contributed by atoms with Gasteiger partial charge in [0.05, 0.1) is 15.5 Å². The molecule has 0 saturated heterocycles. The van der Waals surface area contributed by atoms with Crippen molar-refractivity contribution in [1.82, 2.24) is 0 Å². The molecule has 0 aliphatic heterocycles. The van der Waals surface area contributed by atoms with Gasteiger partial charge < -0.3 is 0 Å². The summed E-state index contributed by atoms with van der Waals surface area (Å²) in [4.78, 5) is -0.135. The van der Waals surface area contributed by atoms with Gasteiger partial charge >= 0.3 is 6.18 Å². The fourth-order valence-corrected chi connectivity index (χ4v) is 4.37. The van der Waals surface area contributed by atoms with Crippen LogP contribution in [0.3, 0.4) is 0 Å². The molecule has 0 aromatic heterocycles. The van der Waals surface area contributed by atoms with Gasteiger partial charge in [0, 0.05) is 16.1 Å². The minimum absolute atomic E-state index is 0.135. The molecule has 3 aromatic carbocycles. The number of alkyl halides is 3. The van der Waals surface area contributed by atoms with Crippen LogP contribution >= 0.6 is 23.2 Å². The Morgan fingerprint density at radius 2 is 1.54 bits per heavy atom. The average molecular weight is 420 g/mol. The number of nitrogens with one attached hydrogen (secondary N) is 1. The van der Waals surface area contributed by atoms with Crippen molar-refractivity contribution < 1.29 is 21.6 Å². The normalized spacial score (nSPS) is 12.3. The van der Waals surface area contributed by atoms with Crippen LogP contribution in [0.15, 0.2) is 59.5 Å². The van der Waals surface area contributed by atoms with Crippen molar-refractivity contribution in [3.63, 3.8) is 0 Å². The third-order valence-electron chi connectivity index (χ3n) is 3.63. The summed E-state index contributed by atoms with van der Waals surface area (Å²) in [5.74, 6) is 0. The Labute approximate surface area is 157 Å². The smallest absolute Gasteiger partial charge is 0.280 e. The summed E-state index contributed by atoms with van der Waals surface area (Å²) in [7, 11) is -4.18. The van der Waals surface area contributed by atoms with Crippen LogP contribution in [0.25, 0.3) is 10.8 Å². The van der Waals surface area contributed by atoms with Crippen LogP contribution in [0.4, 0.5) is 18.9 Å². The Kier molecular flexibility index (Phi) is 4.81. The first-order valence-corrected chi connectivity index (χ1v) is 9.40. The lowest BCUT2D eigenvalue weighted by atomic mass is 10.1. The van der Waals surface area contributed by atoms with Crippen molar-refractivity contribution in [1.29, 1.82) is 0 Å². The molecule has 3 rings (SSSR count). The SMILES string of the molecule is O=S(=O)(Nc1ccc(Cl)c(C(F)(F)F)c1)c1cccc2cccc(Cl)c12. The summed E-state index contributed by atoms with van der Waals surface area (Å²) in [5, 5.41) is 0.575. The van der Waals surface area contributed by atoms with Crippen LogP contribution in [0.2, 0.25) is 10.0 Å². The second-order valence-corrected chi connectivity index (χ2v) is 7.86. The zero-order valence-electron chi connectivity index (χ0n) is 12.8.